The van der Waals surface area contributed by atoms with Gasteiger partial charge in [0.1, 0.15) is 0 Å². The Bertz CT molecular complexity index is 671. The second kappa shape index (κ2) is 6.03. The number of esters is 1. The van der Waals surface area contributed by atoms with Crippen LogP contribution in [0.25, 0.3) is 0 Å². The van der Waals surface area contributed by atoms with Crippen LogP contribution in [0.5, 0.6) is 0 Å². The van der Waals surface area contributed by atoms with Crippen LogP contribution in [0, 0.1) is 0 Å². The summed E-state index contributed by atoms with van der Waals surface area (Å²) in [5.41, 5.74) is 2.67. The highest BCUT2D eigenvalue weighted by atomic mass is 35.5. The van der Waals surface area contributed by atoms with Crippen molar-refractivity contribution in [3.05, 3.63) is 45.4 Å². The minimum Gasteiger partial charge on any atom is -0.465 e. The standard InChI is InChI=1S/C15H15ClN2O2S/c1-20-14(19)12-13(16)18-15(21-12)17-11-8-4-6-9-5-2-3-7-10(9)11/h2-3,5,7,11H,4,6,8H2,1H3,(H,17,18). The van der Waals surface area contributed by atoms with Gasteiger partial charge in [0.25, 0.3) is 0 Å². The Hall–Kier alpha value is -1.59. The third-order valence-electron chi connectivity index (χ3n) is 3.62. The Balaban J connectivity index is 1.84. The van der Waals surface area contributed by atoms with Gasteiger partial charge in [0.2, 0.25) is 0 Å². The van der Waals surface area contributed by atoms with E-state index in [1.54, 1.807) is 0 Å². The molecule has 2 aromatic rings. The second-order valence-electron chi connectivity index (χ2n) is 4.92. The molecule has 3 rings (SSSR count). The van der Waals surface area contributed by atoms with Crippen molar-refractivity contribution in [1.82, 2.24) is 4.98 Å². The Morgan fingerprint density at radius 2 is 2.29 bits per heavy atom. The van der Waals surface area contributed by atoms with Crippen LogP contribution in [-0.4, -0.2) is 18.1 Å². The molecule has 21 heavy (non-hydrogen) atoms. The summed E-state index contributed by atoms with van der Waals surface area (Å²) in [6.07, 6.45) is 3.29. The van der Waals surface area contributed by atoms with Gasteiger partial charge in [0.05, 0.1) is 13.2 Å². The molecular weight excluding hydrogens is 308 g/mol. The molecule has 0 fully saturated rings. The number of aromatic nitrogens is 1. The Labute approximate surface area is 132 Å². The van der Waals surface area contributed by atoms with Crippen LogP contribution in [0.15, 0.2) is 24.3 Å². The predicted octanol–water partition coefficient (Wildman–Crippen LogP) is 4.07. The molecule has 0 saturated heterocycles. The first-order valence-electron chi connectivity index (χ1n) is 6.78. The van der Waals surface area contributed by atoms with Crippen molar-refractivity contribution >= 4 is 34.0 Å². The summed E-state index contributed by atoms with van der Waals surface area (Å²) >= 11 is 7.23. The van der Waals surface area contributed by atoms with Gasteiger partial charge in [-0.25, -0.2) is 9.78 Å². The molecular formula is C15H15ClN2O2S. The molecule has 0 bridgehead atoms. The van der Waals surface area contributed by atoms with Gasteiger partial charge in [-0.05, 0) is 30.4 Å². The SMILES string of the molecule is COC(=O)c1sc(NC2CCCc3ccccc32)nc1Cl. The van der Waals surface area contributed by atoms with Crippen molar-refractivity contribution in [1.29, 1.82) is 0 Å². The van der Waals surface area contributed by atoms with Gasteiger partial charge in [-0.3, -0.25) is 0 Å². The van der Waals surface area contributed by atoms with Gasteiger partial charge in [0.15, 0.2) is 15.2 Å². The van der Waals surface area contributed by atoms with E-state index in [1.165, 1.54) is 29.6 Å². The van der Waals surface area contributed by atoms with Gasteiger partial charge in [-0.15, -0.1) is 0 Å². The monoisotopic (exact) mass is 322 g/mol. The van der Waals surface area contributed by atoms with Crippen LogP contribution in [0.1, 0.15) is 39.7 Å². The van der Waals surface area contributed by atoms with E-state index >= 15 is 0 Å². The molecule has 0 saturated carbocycles. The smallest absolute Gasteiger partial charge is 0.351 e. The zero-order valence-electron chi connectivity index (χ0n) is 11.6. The molecule has 0 spiro atoms. The number of hydrogen-bond acceptors (Lipinski definition) is 5. The lowest BCUT2D eigenvalue weighted by Gasteiger charge is -2.26. The fraction of sp³-hybridized carbons (Fsp3) is 0.333. The van der Waals surface area contributed by atoms with E-state index in [0.717, 1.165) is 19.3 Å². The first kappa shape index (κ1) is 14.4. The normalized spacial score (nSPS) is 17.1. The maximum Gasteiger partial charge on any atom is 0.351 e. The van der Waals surface area contributed by atoms with Gasteiger partial charge >= 0.3 is 5.97 Å². The second-order valence-corrected chi connectivity index (χ2v) is 6.28. The minimum atomic E-state index is -0.449. The van der Waals surface area contributed by atoms with Gasteiger partial charge in [-0.2, -0.15) is 0 Å². The van der Waals surface area contributed by atoms with Crippen molar-refractivity contribution in [3.8, 4) is 0 Å². The van der Waals surface area contributed by atoms with Crippen molar-refractivity contribution in [2.24, 2.45) is 0 Å². The number of anilines is 1. The average molecular weight is 323 g/mol. The third-order valence-corrected chi connectivity index (χ3v) is 4.98. The number of hydrogen-bond donors (Lipinski definition) is 1. The highest BCUT2D eigenvalue weighted by molar-refractivity contribution is 7.18. The number of halogens is 1. The Kier molecular flexibility index (Phi) is 4.12. The number of ether oxygens (including phenoxy) is 1. The van der Waals surface area contributed by atoms with Crippen molar-refractivity contribution in [2.75, 3.05) is 12.4 Å². The molecule has 1 unspecified atom stereocenters. The molecule has 1 aliphatic rings. The molecule has 1 heterocycles. The molecule has 4 nitrogen and oxygen atoms in total. The number of nitrogens with zero attached hydrogens (tertiary/aromatic N) is 1. The molecule has 1 aromatic heterocycles. The van der Waals surface area contributed by atoms with Crippen molar-refractivity contribution in [2.45, 2.75) is 25.3 Å². The minimum absolute atomic E-state index is 0.193. The zero-order chi connectivity index (χ0) is 14.8. The molecule has 110 valence electrons. The van der Waals surface area contributed by atoms with Crippen LogP contribution in [0.3, 0.4) is 0 Å². The van der Waals surface area contributed by atoms with E-state index in [-0.39, 0.29) is 11.2 Å². The van der Waals surface area contributed by atoms with Crippen LogP contribution in [0.4, 0.5) is 5.13 Å². The maximum atomic E-state index is 11.6. The number of benzene rings is 1. The van der Waals surface area contributed by atoms with Crippen LogP contribution < -0.4 is 5.32 Å². The zero-order valence-corrected chi connectivity index (χ0v) is 13.1. The summed E-state index contributed by atoms with van der Waals surface area (Å²) in [4.78, 5) is 16.1. The van der Waals surface area contributed by atoms with Crippen LogP contribution in [-0.2, 0) is 11.2 Å². The number of methoxy groups -OCH3 is 1. The predicted molar refractivity (Wildman–Crippen MR) is 84.2 cm³/mol. The van der Waals surface area contributed by atoms with Crippen LogP contribution in [0.2, 0.25) is 5.15 Å². The van der Waals surface area contributed by atoms with E-state index in [1.807, 2.05) is 6.07 Å². The molecule has 0 radical (unpaired) electrons. The largest absolute Gasteiger partial charge is 0.465 e. The Morgan fingerprint density at radius 3 is 3.10 bits per heavy atom. The highest BCUT2D eigenvalue weighted by Crippen LogP contribution is 2.35. The lowest BCUT2D eigenvalue weighted by atomic mass is 9.88. The summed E-state index contributed by atoms with van der Waals surface area (Å²) in [7, 11) is 1.34. The average Bonchev–Trinajstić information content (AvgIpc) is 2.87. The number of carbonyl (C=O) groups is 1. The molecule has 1 aromatic carbocycles. The molecule has 1 N–H and O–H groups in total. The number of rotatable bonds is 3. The number of carbonyl (C=O) groups excluding carboxylic acids is 1. The van der Waals surface area contributed by atoms with Crippen molar-refractivity contribution < 1.29 is 9.53 Å². The van der Waals surface area contributed by atoms with Gasteiger partial charge < -0.3 is 10.1 Å². The summed E-state index contributed by atoms with van der Waals surface area (Å²) < 4.78 is 4.70. The molecule has 0 amide bonds. The maximum absolute atomic E-state index is 11.6. The number of aryl methyl sites for hydroxylation is 1. The summed E-state index contributed by atoms with van der Waals surface area (Å²) in [6, 6.07) is 8.63. The van der Waals surface area contributed by atoms with Crippen molar-refractivity contribution in [3.63, 3.8) is 0 Å². The van der Waals surface area contributed by atoms with E-state index in [0.29, 0.717) is 10.0 Å². The summed E-state index contributed by atoms with van der Waals surface area (Å²) in [5.74, 6) is -0.449. The Morgan fingerprint density at radius 1 is 1.48 bits per heavy atom. The summed E-state index contributed by atoms with van der Waals surface area (Å²) in [6.45, 7) is 0. The molecule has 1 atom stereocenters. The number of nitrogens with one attached hydrogen (secondary N) is 1. The third kappa shape index (κ3) is 2.89. The fourth-order valence-corrected chi connectivity index (χ4v) is 3.79. The first-order valence-corrected chi connectivity index (χ1v) is 7.97. The summed E-state index contributed by atoms with van der Waals surface area (Å²) in [5, 5.41) is 4.24. The molecule has 0 aliphatic heterocycles. The number of thiazole rings is 1. The molecule has 1 aliphatic carbocycles. The topological polar surface area (TPSA) is 51.2 Å². The number of fused-ring (bicyclic) bond motifs is 1. The van der Waals surface area contributed by atoms with E-state index in [4.69, 9.17) is 16.3 Å². The lowest BCUT2D eigenvalue weighted by molar-refractivity contribution is 0.0606. The highest BCUT2D eigenvalue weighted by Gasteiger charge is 2.23. The van der Waals surface area contributed by atoms with Crippen LogP contribution >= 0.6 is 22.9 Å². The first-order chi connectivity index (χ1) is 10.2. The van der Waals surface area contributed by atoms with E-state index in [2.05, 4.69) is 28.5 Å². The quantitative estimate of drug-likeness (QED) is 0.865. The van der Waals surface area contributed by atoms with E-state index in [9.17, 15) is 4.79 Å². The van der Waals surface area contributed by atoms with Gasteiger partial charge in [0, 0.05) is 0 Å². The fourth-order valence-electron chi connectivity index (χ4n) is 2.63. The van der Waals surface area contributed by atoms with E-state index < -0.39 is 5.97 Å². The lowest BCUT2D eigenvalue weighted by Crippen LogP contribution is -2.17. The molecule has 6 heteroatoms. The van der Waals surface area contributed by atoms with Gasteiger partial charge in [-0.1, -0.05) is 47.2 Å².